The van der Waals surface area contributed by atoms with Gasteiger partial charge in [0.1, 0.15) is 45.8 Å². The second kappa shape index (κ2) is 17.0. The number of ether oxygens (including phenoxy) is 2. The molecule has 9 heterocycles. The van der Waals surface area contributed by atoms with Gasteiger partial charge in [-0.05, 0) is 120 Å². The Balaban J connectivity index is 0.787. The maximum atomic E-state index is 6.90. The van der Waals surface area contributed by atoms with E-state index in [1.165, 1.54) is 10.8 Å². The number of aromatic nitrogens is 5. The summed E-state index contributed by atoms with van der Waals surface area (Å²) in [5.41, 5.74) is 17.1. The summed E-state index contributed by atoms with van der Waals surface area (Å²) in [6.45, 7) is -0.255. The van der Waals surface area contributed by atoms with Crippen LogP contribution < -0.4 is 25.9 Å². The molecule has 0 radical (unpaired) electrons. The average Bonchev–Trinajstić information content (AvgIpc) is 3.45. The van der Waals surface area contributed by atoms with Crippen molar-refractivity contribution in [1.29, 1.82) is 0 Å². The van der Waals surface area contributed by atoms with Gasteiger partial charge in [-0.2, -0.15) is 0 Å². The fraction of sp³-hybridized carbons (Fsp3) is 0. The lowest BCUT2D eigenvalue weighted by molar-refractivity contribution is 0.464. The highest BCUT2D eigenvalue weighted by atomic mass is 16.5. The topological polar surface area (TPSA) is 85.3 Å². The molecule has 2 aliphatic rings. The van der Waals surface area contributed by atoms with Crippen LogP contribution in [-0.4, -0.2) is 30.4 Å². The van der Waals surface area contributed by atoms with Crippen LogP contribution in [0.3, 0.4) is 0 Å². The largest absolute Gasteiger partial charge is 0.458 e. The number of benzene rings is 11. The average molecular weight is 1100 g/mol. The number of para-hydroxylation sites is 6. The summed E-state index contributed by atoms with van der Waals surface area (Å²) < 4.78 is 34.3. The minimum Gasteiger partial charge on any atom is -0.458 e. The third-order valence-electron chi connectivity index (χ3n) is 18.2. The summed E-state index contributed by atoms with van der Waals surface area (Å²) in [4.78, 5) is 11.3. The maximum absolute atomic E-state index is 6.90. The molecule has 0 amide bonds. The van der Waals surface area contributed by atoms with Crippen LogP contribution in [0.4, 0.5) is 0 Å². The molecule has 10 heteroatoms. The quantitative estimate of drug-likeness (QED) is 0.160. The lowest BCUT2D eigenvalue weighted by atomic mass is 9.34. The zero-order valence-electron chi connectivity index (χ0n) is 45.7. The number of fused-ring (bicyclic) bond motifs is 21. The van der Waals surface area contributed by atoms with Crippen LogP contribution in [0.2, 0.25) is 0 Å². The molecule has 0 spiro atoms. The number of nitrogens with zero attached hydrogens (tertiary/aromatic N) is 5. The maximum Gasteiger partial charge on any atom is 0.260 e. The molecule has 86 heavy (non-hydrogen) atoms. The van der Waals surface area contributed by atoms with Gasteiger partial charge in [0.05, 0.1) is 50.2 Å². The Labute approximate surface area is 489 Å². The minimum absolute atomic E-state index is 0.255. The molecule has 2 aliphatic heterocycles. The fourth-order valence-electron chi connectivity index (χ4n) is 14.5. The van der Waals surface area contributed by atoms with Crippen LogP contribution >= 0.6 is 0 Å². The molecule has 0 atom stereocenters. The van der Waals surface area contributed by atoms with Crippen molar-refractivity contribution in [2.24, 2.45) is 0 Å². The van der Waals surface area contributed by atoms with Crippen LogP contribution in [-0.2, 0) is 0 Å². The second-order valence-electron chi connectivity index (χ2n) is 22.7. The number of pyridine rings is 2. The number of furan rings is 2. The Morgan fingerprint density at radius 3 is 1.30 bits per heavy atom. The number of rotatable bonds is 5. The molecule has 11 aromatic carbocycles. The highest BCUT2D eigenvalue weighted by Gasteiger charge is 2.41. The van der Waals surface area contributed by atoms with E-state index in [2.05, 4.69) is 226 Å². The molecule has 0 N–H and O–H groups in total. The van der Waals surface area contributed by atoms with Crippen molar-refractivity contribution >= 4 is 132 Å². The molecule has 9 nitrogen and oxygen atoms in total. The standard InChI is InChI=1S/C76H42BN5O4/c1-7-22-60-46(15-1)47-16-2-8-23-61(47)80(60)45-41-59(79-71(42-45)82-63-25-10-4-18-49(63)53-34-36-55-51-20-6-12-27-65(51)86-76(55)74(53)82)44-32-38-67-57(40-44)77-56-39-43(31-37-66(56)83-68-28-14-29-69(84-67)72(68)77)58-21-13-30-70(78-58)81-62-24-9-3-17-48(62)52-33-35-54-50-19-5-11-26-64(50)85-75(54)73(52)81/h1-42H. The van der Waals surface area contributed by atoms with Gasteiger partial charge in [-0.3, -0.25) is 9.13 Å². The summed E-state index contributed by atoms with van der Waals surface area (Å²) in [7, 11) is 0. The van der Waals surface area contributed by atoms with Crippen molar-refractivity contribution in [2.45, 2.75) is 0 Å². The van der Waals surface area contributed by atoms with Crippen molar-refractivity contribution in [2.75, 3.05) is 0 Å². The summed E-state index contributed by atoms with van der Waals surface area (Å²) in [5.74, 6) is 4.65. The normalized spacial score (nSPS) is 12.8. The van der Waals surface area contributed by atoms with Crippen LogP contribution in [0.25, 0.3) is 149 Å². The van der Waals surface area contributed by atoms with Gasteiger partial charge in [0.2, 0.25) is 0 Å². The van der Waals surface area contributed by atoms with Gasteiger partial charge in [-0.1, -0.05) is 146 Å². The first-order valence-electron chi connectivity index (χ1n) is 29.1. The number of hydrogen-bond acceptors (Lipinski definition) is 6. The molecule has 7 aromatic heterocycles. The molecule has 0 saturated heterocycles. The molecule has 18 aromatic rings. The lowest BCUT2D eigenvalue weighted by Crippen LogP contribution is -2.57. The van der Waals surface area contributed by atoms with Crippen molar-refractivity contribution in [3.63, 3.8) is 0 Å². The van der Waals surface area contributed by atoms with Gasteiger partial charge in [-0.25, -0.2) is 9.97 Å². The smallest absolute Gasteiger partial charge is 0.260 e. The van der Waals surface area contributed by atoms with Gasteiger partial charge in [0.15, 0.2) is 11.2 Å². The Morgan fingerprint density at radius 1 is 0.302 bits per heavy atom. The van der Waals surface area contributed by atoms with Crippen molar-refractivity contribution in [3.05, 3.63) is 255 Å². The van der Waals surface area contributed by atoms with Crippen molar-refractivity contribution in [1.82, 2.24) is 23.7 Å². The van der Waals surface area contributed by atoms with Crippen LogP contribution in [0.5, 0.6) is 23.0 Å². The van der Waals surface area contributed by atoms with E-state index in [-0.39, 0.29) is 6.71 Å². The fourth-order valence-corrected chi connectivity index (χ4v) is 14.5. The van der Waals surface area contributed by atoms with E-state index >= 15 is 0 Å². The van der Waals surface area contributed by atoms with Gasteiger partial charge in [-0.15, -0.1) is 0 Å². The van der Waals surface area contributed by atoms with Crippen LogP contribution in [0.1, 0.15) is 0 Å². The molecule has 20 rings (SSSR count). The first-order chi connectivity index (χ1) is 42.6. The first-order valence-corrected chi connectivity index (χ1v) is 29.1. The van der Waals surface area contributed by atoms with Crippen molar-refractivity contribution < 1.29 is 18.3 Å². The van der Waals surface area contributed by atoms with Crippen molar-refractivity contribution in [3.8, 4) is 62.8 Å². The van der Waals surface area contributed by atoms with E-state index in [1.807, 2.05) is 42.5 Å². The third-order valence-corrected chi connectivity index (χ3v) is 18.2. The number of hydrogen-bond donors (Lipinski definition) is 0. The van der Waals surface area contributed by atoms with E-state index in [9.17, 15) is 0 Å². The highest BCUT2D eigenvalue weighted by molar-refractivity contribution is 6.98. The highest BCUT2D eigenvalue weighted by Crippen LogP contribution is 2.44. The van der Waals surface area contributed by atoms with Gasteiger partial charge in [0.25, 0.3) is 6.71 Å². The molecular weight excluding hydrogens is 1060 g/mol. The van der Waals surface area contributed by atoms with Crippen LogP contribution in [0.15, 0.2) is 264 Å². The van der Waals surface area contributed by atoms with E-state index in [1.54, 1.807) is 0 Å². The zero-order valence-corrected chi connectivity index (χ0v) is 45.7. The lowest BCUT2D eigenvalue weighted by Gasteiger charge is -2.33. The molecule has 398 valence electrons. The third kappa shape index (κ3) is 6.28. The summed E-state index contributed by atoms with van der Waals surface area (Å²) in [6, 6.07) is 89.8. The molecule has 0 saturated carbocycles. The molecule has 0 bridgehead atoms. The predicted molar refractivity (Wildman–Crippen MR) is 348 cm³/mol. The summed E-state index contributed by atoms with van der Waals surface area (Å²) in [6.07, 6.45) is 0. The van der Waals surface area contributed by atoms with Gasteiger partial charge >= 0.3 is 0 Å². The Kier molecular flexibility index (Phi) is 9.08. The Hall–Kier alpha value is -11.6. The molecule has 0 aliphatic carbocycles. The van der Waals surface area contributed by atoms with Gasteiger partial charge < -0.3 is 22.9 Å². The SMILES string of the molecule is c1cc(-c2ccc3c(c2)B2c4cc(-c5cc(-n6c7ccccc7c7ccccc76)cc(-n6c7ccccc7c7ccc8c9ccccc9oc8c76)n5)ccc4Oc4cccc(c42)O3)nc(-n2c3ccccc3c3ccc4c5ccccc5oc4c32)c1. The predicted octanol–water partition coefficient (Wildman–Crippen LogP) is 17.6. The van der Waals surface area contributed by atoms with E-state index < -0.39 is 0 Å². The Bertz CT molecular complexity index is 5950. The summed E-state index contributed by atoms with van der Waals surface area (Å²) >= 11 is 0. The molecule has 0 fully saturated rings. The second-order valence-corrected chi connectivity index (χ2v) is 22.7. The first kappa shape index (κ1) is 45.9. The Morgan fingerprint density at radius 2 is 0.744 bits per heavy atom. The zero-order chi connectivity index (χ0) is 55.9. The summed E-state index contributed by atoms with van der Waals surface area (Å²) in [5, 5.41) is 11.1. The monoisotopic (exact) mass is 1100 g/mol. The van der Waals surface area contributed by atoms with E-state index in [0.717, 1.165) is 178 Å². The molecular formula is C76H42BN5O4. The van der Waals surface area contributed by atoms with Crippen LogP contribution in [0, 0.1) is 0 Å². The van der Waals surface area contributed by atoms with E-state index in [0.29, 0.717) is 0 Å². The van der Waals surface area contributed by atoms with E-state index in [4.69, 9.17) is 28.3 Å². The minimum atomic E-state index is -0.255. The molecule has 0 unspecified atom stereocenters. The van der Waals surface area contributed by atoms with Gasteiger partial charge in [0, 0.05) is 71.0 Å².